The molecule has 1 aromatic carbocycles. The number of sulfonamides is 1. The highest BCUT2D eigenvalue weighted by Gasteiger charge is 2.27. The zero-order valence-electron chi connectivity index (χ0n) is 15.2. The monoisotopic (exact) mass is 410 g/mol. The average Bonchev–Trinajstić information content (AvgIpc) is 3.13. The maximum atomic E-state index is 13.7. The molecular weight excluding hydrogens is 387 g/mol. The Kier molecular flexibility index (Phi) is 6.29. The number of halogens is 1. The van der Waals surface area contributed by atoms with E-state index in [0.717, 1.165) is 30.6 Å². The Hall–Kier alpha value is -1.77. The van der Waals surface area contributed by atoms with Gasteiger partial charge in [0, 0.05) is 37.1 Å². The largest absolute Gasteiger partial charge is 0.341 e. The van der Waals surface area contributed by atoms with Crippen LogP contribution in [0.3, 0.4) is 0 Å². The van der Waals surface area contributed by atoms with Gasteiger partial charge in [-0.25, -0.2) is 12.8 Å². The van der Waals surface area contributed by atoms with E-state index in [4.69, 9.17) is 0 Å². The number of benzene rings is 1. The fourth-order valence-electron chi connectivity index (χ4n) is 3.08. The molecule has 0 unspecified atom stereocenters. The van der Waals surface area contributed by atoms with Gasteiger partial charge < -0.3 is 4.90 Å². The lowest BCUT2D eigenvalue weighted by Gasteiger charge is -2.25. The van der Waals surface area contributed by atoms with Gasteiger partial charge >= 0.3 is 0 Å². The highest BCUT2D eigenvalue weighted by atomic mass is 32.2. The minimum atomic E-state index is -3.47. The van der Waals surface area contributed by atoms with E-state index in [1.54, 1.807) is 37.4 Å². The summed E-state index contributed by atoms with van der Waals surface area (Å²) in [5.74, 6) is -0.523. The SMILES string of the molecule is CN(Cc1ccccc1F)C(=O)Cc1ccc(S(=O)(=O)N2CCCCC2)s1. The van der Waals surface area contributed by atoms with Crippen molar-refractivity contribution in [2.75, 3.05) is 20.1 Å². The van der Waals surface area contributed by atoms with Crippen molar-refractivity contribution in [3.05, 3.63) is 52.7 Å². The van der Waals surface area contributed by atoms with Crippen LogP contribution < -0.4 is 0 Å². The Morgan fingerprint density at radius 1 is 1.15 bits per heavy atom. The number of hydrogen-bond acceptors (Lipinski definition) is 4. The number of likely N-dealkylation sites (N-methyl/N-ethyl adjacent to an activating group) is 1. The van der Waals surface area contributed by atoms with Crippen LogP contribution in [0.2, 0.25) is 0 Å². The molecule has 8 heteroatoms. The summed E-state index contributed by atoms with van der Waals surface area (Å²) in [6.07, 6.45) is 2.93. The summed E-state index contributed by atoms with van der Waals surface area (Å²) in [6, 6.07) is 9.62. The molecule has 2 aromatic rings. The second-order valence-electron chi connectivity index (χ2n) is 6.70. The Bertz CT molecular complexity index is 905. The van der Waals surface area contributed by atoms with Gasteiger partial charge in [0.25, 0.3) is 10.0 Å². The molecule has 0 N–H and O–H groups in total. The highest BCUT2D eigenvalue weighted by Crippen LogP contribution is 2.27. The number of piperidine rings is 1. The van der Waals surface area contributed by atoms with Gasteiger partial charge in [-0.3, -0.25) is 4.79 Å². The van der Waals surface area contributed by atoms with Gasteiger partial charge in [-0.2, -0.15) is 4.31 Å². The molecule has 2 heterocycles. The van der Waals surface area contributed by atoms with Gasteiger partial charge in [0.2, 0.25) is 5.91 Å². The van der Waals surface area contributed by atoms with Crippen molar-refractivity contribution in [1.29, 1.82) is 0 Å². The summed E-state index contributed by atoms with van der Waals surface area (Å²) in [5.41, 5.74) is 0.452. The summed E-state index contributed by atoms with van der Waals surface area (Å²) in [5, 5.41) is 0. The fourth-order valence-corrected chi connectivity index (χ4v) is 6.10. The van der Waals surface area contributed by atoms with E-state index >= 15 is 0 Å². The molecule has 0 radical (unpaired) electrons. The van der Waals surface area contributed by atoms with E-state index in [9.17, 15) is 17.6 Å². The molecule has 0 saturated carbocycles. The molecule has 0 bridgehead atoms. The van der Waals surface area contributed by atoms with Crippen LogP contribution in [0.4, 0.5) is 4.39 Å². The van der Waals surface area contributed by atoms with Crippen LogP contribution in [0.1, 0.15) is 29.7 Å². The number of carbonyl (C=O) groups excluding carboxylic acids is 1. The lowest BCUT2D eigenvalue weighted by molar-refractivity contribution is -0.129. The Morgan fingerprint density at radius 3 is 2.56 bits per heavy atom. The van der Waals surface area contributed by atoms with Gasteiger partial charge in [-0.05, 0) is 31.0 Å². The molecule has 27 heavy (non-hydrogen) atoms. The molecule has 0 aliphatic carbocycles. The van der Waals surface area contributed by atoms with Crippen molar-refractivity contribution < 1.29 is 17.6 Å². The van der Waals surface area contributed by atoms with Gasteiger partial charge in [0.05, 0.1) is 6.42 Å². The number of nitrogens with zero attached hydrogens (tertiary/aromatic N) is 2. The first-order valence-corrected chi connectivity index (χ1v) is 11.2. The molecule has 5 nitrogen and oxygen atoms in total. The maximum Gasteiger partial charge on any atom is 0.252 e. The second-order valence-corrected chi connectivity index (χ2v) is 10.0. The molecule has 1 fully saturated rings. The van der Waals surface area contributed by atoms with Crippen molar-refractivity contribution in [3.63, 3.8) is 0 Å². The Morgan fingerprint density at radius 2 is 1.85 bits per heavy atom. The van der Waals surface area contributed by atoms with Crippen molar-refractivity contribution in [3.8, 4) is 0 Å². The smallest absolute Gasteiger partial charge is 0.252 e. The molecule has 1 amide bonds. The number of rotatable bonds is 6. The summed E-state index contributed by atoms with van der Waals surface area (Å²) < 4.78 is 40.9. The second kappa shape index (κ2) is 8.50. The third-order valence-electron chi connectivity index (χ3n) is 4.66. The van der Waals surface area contributed by atoms with Crippen LogP contribution in [0.15, 0.2) is 40.6 Å². The molecule has 1 aromatic heterocycles. The topological polar surface area (TPSA) is 57.7 Å². The summed E-state index contributed by atoms with van der Waals surface area (Å²) in [6.45, 7) is 1.29. The van der Waals surface area contributed by atoms with Crippen molar-refractivity contribution in [1.82, 2.24) is 9.21 Å². The molecule has 3 rings (SSSR count). The summed E-state index contributed by atoms with van der Waals surface area (Å²) >= 11 is 1.14. The summed E-state index contributed by atoms with van der Waals surface area (Å²) in [4.78, 5) is 14.6. The Balaban J connectivity index is 1.64. The fraction of sp³-hybridized carbons (Fsp3) is 0.421. The van der Waals surface area contributed by atoms with Crippen LogP contribution in [0.5, 0.6) is 0 Å². The van der Waals surface area contributed by atoms with Gasteiger partial charge in [-0.15, -0.1) is 11.3 Å². The van der Waals surface area contributed by atoms with Crippen LogP contribution in [0.25, 0.3) is 0 Å². The maximum absolute atomic E-state index is 13.7. The molecule has 0 atom stereocenters. The van der Waals surface area contributed by atoms with E-state index in [-0.39, 0.29) is 28.9 Å². The first-order valence-electron chi connectivity index (χ1n) is 8.94. The average molecular weight is 411 g/mol. The highest BCUT2D eigenvalue weighted by molar-refractivity contribution is 7.91. The Labute approximate surface area is 163 Å². The first-order chi connectivity index (χ1) is 12.9. The lowest BCUT2D eigenvalue weighted by Crippen LogP contribution is -2.35. The number of hydrogen-bond donors (Lipinski definition) is 0. The number of thiophene rings is 1. The molecule has 1 saturated heterocycles. The van der Waals surface area contributed by atoms with Gasteiger partial charge in [-0.1, -0.05) is 24.6 Å². The minimum Gasteiger partial charge on any atom is -0.341 e. The third-order valence-corrected chi connectivity index (χ3v) is 8.11. The molecular formula is C19H23FN2O3S2. The normalized spacial score (nSPS) is 15.6. The predicted molar refractivity (Wildman–Crippen MR) is 104 cm³/mol. The van der Waals surface area contributed by atoms with E-state index in [0.29, 0.717) is 23.5 Å². The predicted octanol–water partition coefficient (Wildman–Crippen LogP) is 3.26. The zero-order valence-corrected chi connectivity index (χ0v) is 16.9. The van der Waals surface area contributed by atoms with Gasteiger partial charge in [0.1, 0.15) is 10.0 Å². The van der Waals surface area contributed by atoms with E-state index in [2.05, 4.69) is 0 Å². The molecule has 1 aliphatic rings. The standard InChI is InChI=1S/C19H23FN2O3S2/c1-21(14-15-7-3-4-8-17(15)20)18(23)13-16-9-10-19(26-16)27(24,25)22-11-5-2-6-12-22/h3-4,7-10H,2,5-6,11-14H2,1H3. The third kappa shape index (κ3) is 4.75. The van der Waals surface area contributed by atoms with E-state index < -0.39 is 10.0 Å². The van der Waals surface area contributed by atoms with Crippen LogP contribution in [0, 0.1) is 5.82 Å². The number of carbonyl (C=O) groups is 1. The van der Waals surface area contributed by atoms with Crippen molar-refractivity contribution in [2.45, 2.75) is 36.4 Å². The molecule has 1 aliphatic heterocycles. The van der Waals surface area contributed by atoms with Crippen LogP contribution in [-0.2, 0) is 27.8 Å². The minimum absolute atomic E-state index is 0.102. The number of amides is 1. The summed E-state index contributed by atoms with van der Waals surface area (Å²) in [7, 11) is -1.86. The van der Waals surface area contributed by atoms with Gasteiger partial charge in [0.15, 0.2) is 0 Å². The van der Waals surface area contributed by atoms with E-state index in [1.165, 1.54) is 15.3 Å². The van der Waals surface area contributed by atoms with Crippen molar-refractivity contribution >= 4 is 27.3 Å². The molecule has 0 spiro atoms. The quantitative estimate of drug-likeness (QED) is 0.734. The lowest BCUT2D eigenvalue weighted by atomic mass is 10.2. The van der Waals surface area contributed by atoms with Crippen molar-refractivity contribution in [2.24, 2.45) is 0 Å². The first kappa shape index (κ1) is 20.0. The van der Waals surface area contributed by atoms with E-state index in [1.807, 2.05) is 0 Å². The molecule has 146 valence electrons. The van der Waals surface area contributed by atoms with Crippen LogP contribution in [-0.4, -0.2) is 43.7 Å². The van der Waals surface area contributed by atoms with Crippen LogP contribution >= 0.6 is 11.3 Å². The zero-order chi connectivity index (χ0) is 19.4.